The molecule has 0 fully saturated rings. The normalized spacial score (nSPS) is 11.8. The van der Waals surface area contributed by atoms with E-state index in [-0.39, 0.29) is 29.8 Å². The number of para-hydroxylation sites is 1. The zero-order chi connectivity index (χ0) is 26.5. The molecule has 190 valence electrons. The maximum atomic E-state index is 13.5. The third-order valence-electron chi connectivity index (χ3n) is 6.60. The molecule has 1 amide bonds. The standard InChI is InChI=1S/C30H25FN4O3/c31-24-9-5-22(6-10-24)19-34-20-28(26-3-1-2-4-29(26)34)27(23-7-11-25(12-8-23)35(37)38)17-30(36)33-18-21-13-15-32-16-14-21/h1-16,20,27H,17-19H2,(H,33,36)/t27-/m0/s1. The highest BCUT2D eigenvalue weighted by atomic mass is 19.1. The molecular weight excluding hydrogens is 483 g/mol. The van der Waals surface area contributed by atoms with Crippen LogP contribution in [0.2, 0.25) is 0 Å². The van der Waals surface area contributed by atoms with Crippen molar-refractivity contribution < 1.29 is 14.1 Å². The maximum absolute atomic E-state index is 13.5. The monoisotopic (exact) mass is 508 g/mol. The van der Waals surface area contributed by atoms with Crippen molar-refractivity contribution >= 4 is 22.5 Å². The first kappa shape index (κ1) is 24.8. The minimum Gasteiger partial charge on any atom is -0.352 e. The van der Waals surface area contributed by atoms with E-state index in [2.05, 4.69) is 14.9 Å². The summed E-state index contributed by atoms with van der Waals surface area (Å²) in [5.74, 6) is -0.768. The van der Waals surface area contributed by atoms with Gasteiger partial charge in [-0.3, -0.25) is 19.9 Å². The molecule has 3 aromatic carbocycles. The quantitative estimate of drug-likeness (QED) is 0.196. The lowest BCUT2D eigenvalue weighted by Gasteiger charge is -2.17. The van der Waals surface area contributed by atoms with Crippen molar-refractivity contribution in [1.82, 2.24) is 14.9 Å². The molecule has 1 N–H and O–H groups in total. The van der Waals surface area contributed by atoms with Crippen molar-refractivity contribution in [2.45, 2.75) is 25.4 Å². The van der Waals surface area contributed by atoms with Crippen LogP contribution in [-0.4, -0.2) is 20.4 Å². The number of amides is 1. The van der Waals surface area contributed by atoms with Gasteiger partial charge in [0, 0.05) is 67.1 Å². The van der Waals surface area contributed by atoms with E-state index < -0.39 is 4.92 Å². The Hall–Kier alpha value is -4.85. The average Bonchev–Trinajstić information content (AvgIpc) is 3.30. The second kappa shape index (κ2) is 11.0. The van der Waals surface area contributed by atoms with Crippen LogP contribution in [0.15, 0.2) is 104 Å². The fraction of sp³-hybridized carbons (Fsp3) is 0.133. The van der Waals surface area contributed by atoms with Crippen LogP contribution in [0.5, 0.6) is 0 Å². The average molecular weight is 509 g/mol. The second-order valence-corrected chi connectivity index (χ2v) is 9.09. The smallest absolute Gasteiger partial charge is 0.269 e. The van der Waals surface area contributed by atoms with E-state index in [1.165, 1.54) is 24.3 Å². The highest BCUT2D eigenvalue weighted by Gasteiger charge is 2.23. The van der Waals surface area contributed by atoms with Crippen molar-refractivity contribution in [3.8, 4) is 0 Å². The lowest BCUT2D eigenvalue weighted by Crippen LogP contribution is -2.25. The zero-order valence-corrected chi connectivity index (χ0v) is 20.5. The zero-order valence-electron chi connectivity index (χ0n) is 20.5. The molecule has 38 heavy (non-hydrogen) atoms. The van der Waals surface area contributed by atoms with Gasteiger partial charge in [0.25, 0.3) is 5.69 Å². The van der Waals surface area contributed by atoms with Crippen LogP contribution >= 0.6 is 0 Å². The Morgan fingerprint density at radius 2 is 1.66 bits per heavy atom. The van der Waals surface area contributed by atoms with Gasteiger partial charge in [-0.05, 0) is 52.6 Å². The Kier molecular flexibility index (Phi) is 7.21. The number of nitrogens with zero attached hydrogens (tertiary/aromatic N) is 3. The summed E-state index contributed by atoms with van der Waals surface area (Å²) in [6.45, 7) is 0.905. The lowest BCUT2D eigenvalue weighted by molar-refractivity contribution is -0.384. The number of halogens is 1. The molecule has 7 nitrogen and oxygen atoms in total. The molecule has 0 saturated carbocycles. The number of carbonyl (C=O) groups is 1. The number of non-ortho nitro benzene ring substituents is 1. The molecule has 0 unspecified atom stereocenters. The highest BCUT2D eigenvalue weighted by Crippen LogP contribution is 2.36. The number of benzene rings is 3. The molecule has 0 aliphatic heterocycles. The molecule has 5 aromatic rings. The molecule has 2 aromatic heterocycles. The summed E-state index contributed by atoms with van der Waals surface area (Å²) in [4.78, 5) is 27.9. The topological polar surface area (TPSA) is 90.1 Å². The molecule has 0 aliphatic carbocycles. The van der Waals surface area contributed by atoms with Crippen LogP contribution in [0.3, 0.4) is 0 Å². The fourth-order valence-electron chi connectivity index (χ4n) is 4.66. The number of nitro benzene ring substituents is 1. The van der Waals surface area contributed by atoms with E-state index >= 15 is 0 Å². The number of hydrogen-bond donors (Lipinski definition) is 1. The van der Waals surface area contributed by atoms with Gasteiger partial charge in [-0.1, -0.05) is 42.5 Å². The van der Waals surface area contributed by atoms with Crippen molar-refractivity contribution in [3.05, 3.63) is 142 Å². The number of pyridine rings is 1. The number of nitro groups is 1. The summed E-state index contributed by atoms with van der Waals surface area (Å²) in [5.41, 5.74) is 4.61. The number of fused-ring (bicyclic) bond motifs is 1. The van der Waals surface area contributed by atoms with Gasteiger partial charge in [0.2, 0.25) is 5.91 Å². The van der Waals surface area contributed by atoms with Crippen LogP contribution in [0.4, 0.5) is 10.1 Å². The van der Waals surface area contributed by atoms with Crippen LogP contribution < -0.4 is 5.32 Å². The molecule has 1 atom stereocenters. The van der Waals surface area contributed by atoms with Gasteiger partial charge in [-0.15, -0.1) is 0 Å². The first-order valence-electron chi connectivity index (χ1n) is 12.2. The van der Waals surface area contributed by atoms with Crippen LogP contribution in [-0.2, 0) is 17.9 Å². The van der Waals surface area contributed by atoms with Crippen molar-refractivity contribution in [2.75, 3.05) is 0 Å². The Balaban J connectivity index is 1.50. The number of rotatable bonds is 9. The molecule has 0 saturated heterocycles. The summed E-state index contributed by atoms with van der Waals surface area (Å²) in [5, 5.41) is 15.2. The van der Waals surface area contributed by atoms with Gasteiger partial charge >= 0.3 is 0 Å². The van der Waals surface area contributed by atoms with Gasteiger partial charge < -0.3 is 9.88 Å². The first-order chi connectivity index (χ1) is 18.5. The van der Waals surface area contributed by atoms with Crippen LogP contribution in [0.1, 0.15) is 34.6 Å². The molecule has 0 radical (unpaired) electrons. The van der Waals surface area contributed by atoms with E-state index in [9.17, 15) is 19.3 Å². The fourth-order valence-corrected chi connectivity index (χ4v) is 4.66. The number of carbonyl (C=O) groups excluding carboxylic acids is 1. The maximum Gasteiger partial charge on any atom is 0.269 e. The van der Waals surface area contributed by atoms with Gasteiger partial charge in [-0.2, -0.15) is 0 Å². The summed E-state index contributed by atoms with van der Waals surface area (Å²) < 4.78 is 15.5. The molecule has 0 aliphatic rings. The van der Waals surface area contributed by atoms with Gasteiger partial charge in [0.15, 0.2) is 0 Å². The SMILES string of the molecule is O=C(C[C@@H](c1ccc([N+](=O)[O-])cc1)c1cn(Cc2ccc(F)cc2)c2ccccc12)NCc1ccncc1. The number of hydrogen-bond acceptors (Lipinski definition) is 4. The Labute approximate surface area is 218 Å². The largest absolute Gasteiger partial charge is 0.352 e. The van der Waals surface area contributed by atoms with Gasteiger partial charge in [-0.25, -0.2) is 4.39 Å². The van der Waals surface area contributed by atoms with E-state index in [4.69, 9.17) is 0 Å². The predicted molar refractivity (Wildman–Crippen MR) is 143 cm³/mol. The summed E-state index contributed by atoms with van der Waals surface area (Å²) >= 11 is 0. The van der Waals surface area contributed by atoms with Gasteiger partial charge in [0.1, 0.15) is 5.82 Å². The Morgan fingerprint density at radius 1 is 0.947 bits per heavy atom. The Bertz CT molecular complexity index is 1570. The van der Waals surface area contributed by atoms with E-state index in [0.29, 0.717) is 13.1 Å². The third-order valence-corrected chi connectivity index (χ3v) is 6.60. The summed E-state index contributed by atoms with van der Waals surface area (Å²) in [6.07, 6.45) is 5.54. The minimum atomic E-state index is -0.436. The number of nitrogens with one attached hydrogen (secondary N) is 1. The van der Waals surface area contributed by atoms with E-state index in [1.807, 2.05) is 42.6 Å². The van der Waals surface area contributed by atoms with Crippen molar-refractivity contribution in [1.29, 1.82) is 0 Å². The minimum absolute atomic E-state index is 0.00613. The molecule has 2 heterocycles. The van der Waals surface area contributed by atoms with Crippen molar-refractivity contribution in [2.24, 2.45) is 0 Å². The summed E-state index contributed by atoms with van der Waals surface area (Å²) in [7, 11) is 0. The molecule has 0 spiro atoms. The van der Waals surface area contributed by atoms with Gasteiger partial charge in [0.05, 0.1) is 4.92 Å². The molecule has 8 heteroatoms. The summed E-state index contributed by atoms with van der Waals surface area (Å²) in [6, 6.07) is 24.4. The molecule has 0 bridgehead atoms. The van der Waals surface area contributed by atoms with Crippen molar-refractivity contribution in [3.63, 3.8) is 0 Å². The highest BCUT2D eigenvalue weighted by molar-refractivity contribution is 5.87. The lowest BCUT2D eigenvalue weighted by atomic mass is 9.88. The third kappa shape index (κ3) is 5.59. The molecule has 5 rings (SSSR count). The van der Waals surface area contributed by atoms with Crippen LogP contribution in [0, 0.1) is 15.9 Å². The van der Waals surface area contributed by atoms with E-state index in [1.54, 1.807) is 36.7 Å². The second-order valence-electron chi connectivity index (χ2n) is 9.09. The Morgan fingerprint density at radius 3 is 2.37 bits per heavy atom. The van der Waals surface area contributed by atoms with Crippen LogP contribution in [0.25, 0.3) is 10.9 Å². The van der Waals surface area contributed by atoms with E-state index in [0.717, 1.165) is 33.2 Å². The predicted octanol–water partition coefficient (Wildman–Crippen LogP) is 5.97. The molecular formula is C30H25FN4O3. The first-order valence-corrected chi connectivity index (χ1v) is 12.2. The number of aromatic nitrogens is 2.